The minimum absolute atomic E-state index is 0.351. The van der Waals surface area contributed by atoms with Crippen molar-refractivity contribution >= 4 is 17.3 Å². The van der Waals surface area contributed by atoms with E-state index in [2.05, 4.69) is 12.2 Å². The van der Waals surface area contributed by atoms with Crippen LogP contribution in [0.15, 0.2) is 18.2 Å². The molecule has 1 aliphatic rings. The molecular weight excluding hydrogens is 228 g/mol. The minimum Gasteiger partial charge on any atom is -0.465 e. The van der Waals surface area contributed by atoms with E-state index in [0.717, 1.165) is 6.42 Å². The van der Waals surface area contributed by atoms with Crippen molar-refractivity contribution in [2.45, 2.75) is 32.2 Å². The zero-order valence-corrected chi connectivity index (χ0v) is 10.9. The smallest absolute Gasteiger partial charge is 0.340 e. The Morgan fingerprint density at radius 3 is 2.83 bits per heavy atom. The number of para-hydroxylation sites is 1. The highest BCUT2D eigenvalue weighted by molar-refractivity contribution is 5.98. The van der Waals surface area contributed by atoms with Gasteiger partial charge in [0.2, 0.25) is 0 Å². The quantitative estimate of drug-likeness (QED) is 0.637. The van der Waals surface area contributed by atoms with Crippen LogP contribution in [0.5, 0.6) is 0 Å². The summed E-state index contributed by atoms with van der Waals surface area (Å²) in [7, 11) is 1.38. The Hall–Kier alpha value is -1.71. The van der Waals surface area contributed by atoms with Crippen molar-refractivity contribution in [1.82, 2.24) is 0 Å². The lowest BCUT2D eigenvalue weighted by Crippen LogP contribution is -2.24. The summed E-state index contributed by atoms with van der Waals surface area (Å²) in [5.74, 6) is 0.255. The standard InChI is InChI=1S/C14H20N2O2/c1-9-5-3-8-12(9)16-13-10(14(17)18-2)6-4-7-11(13)15/h4,6-7,9,12,16H,3,5,8,15H2,1-2H3. The van der Waals surface area contributed by atoms with E-state index in [1.165, 1.54) is 20.0 Å². The number of ether oxygens (including phenoxy) is 1. The second-order valence-electron chi connectivity index (χ2n) is 4.92. The minimum atomic E-state index is -0.351. The number of nitrogen functional groups attached to an aromatic ring is 1. The molecule has 4 nitrogen and oxygen atoms in total. The first-order valence-electron chi connectivity index (χ1n) is 6.37. The summed E-state index contributed by atoms with van der Waals surface area (Å²) in [5, 5.41) is 3.42. The van der Waals surface area contributed by atoms with E-state index in [9.17, 15) is 4.79 Å². The van der Waals surface area contributed by atoms with Crippen LogP contribution in [0.25, 0.3) is 0 Å². The highest BCUT2D eigenvalue weighted by Crippen LogP contribution is 2.32. The van der Waals surface area contributed by atoms with Crippen LogP contribution in [0.4, 0.5) is 11.4 Å². The molecule has 0 amide bonds. The first kappa shape index (κ1) is 12.7. The molecule has 2 unspecified atom stereocenters. The van der Waals surface area contributed by atoms with E-state index in [0.29, 0.717) is 28.9 Å². The third kappa shape index (κ3) is 2.42. The van der Waals surface area contributed by atoms with Crippen LogP contribution < -0.4 is 11.1 Å². The summed E-state index contributed by atoms with van der Waals surface area (Å²) in [6, 6.07) is 5.70. The summed E-state index contributed by atoms with van der Waals surface area (Å²) in [5.41, 5.74) is 7.78. The third-order valence-corrected chi connectivity index (χ3v) is 3.69. The monoisotopic (exact) mass is 248 g/mol. The van der Waals surface area contributed by atoms with E-state index in [1.807, 2.05) is 0 Å². The molecule has 0 heterocycles. The number of hydrogen-bond donors (Lipinski definition) is 2. The normalized spacial score (nSPS) is 22.8. The largest absolute Gasteiger partial charge is 0.465 e. The number of hydrogen-bond acceptors (Lipinski definition) is 4. The topological polar surface area (TPSA) is 64.3 Å². The fourth-order valence-electron chi connectivity index (χ4n) is 2.56. The van der Waals surface area contributed by atoms with Gasteiger partial charge in [0.05, 0.1) is 24.0 Å². The maximum atomic E-state index is 11.7. The van der Waals surface area contributed by atoms with Gasteiger partial charge < -0.3 is 15.8 Å². The molecule has 1 aliphatic carbocycles. The fourth-order valence-corrected chi connectivity index (χ4v) is 2.56. The van der Waals surface area contributed by atoms with Gasteiger partial charge in [-0.2, -0.15) is 0 Å². The maximum absolute atomic E-state index is 11.7. The Morgan fingerprint density at radius 1 is 1.44 bits per heavy atom. The van der Waals surface area contributed by atoms with Gasteiger partial charge in [-0.15, -0.1) is 0 Å². The molecule has 1 fully saturated rings. The highest BCUT2D eigenvalue weighted by Gasteiger charge is 2.25. The molecular formula is C14H20N2O2. The van der Waals surface area contributed by atoms with Crippen LogP contribution >= 0.6 is 0 Å². The van der Waals surface area contributed by atoms with Gasteiger partial charge in [-0.1, -0.05) is 19.4 Å². The molecule has 18 heavy (non-hydrogen) atoms. The highest BCUT2D eigenvalue weighted by atomic mass is 16.5. The molecule has 0 spiro atoms. The Kier molecular flexibility index (Phi) is 3.75. The molecule has 0 saturated heterocycles. The van der Waals surface area contributed by atoms with Crippen molar-refractivity contribution in [3.8, 4) is 0 Å². The third-order valence-electron chi connectivity index (χ3n) is 3.69. The van der Waals surface area contributed by atoms with Crippen molar-refractivity contribution < 1.29 is 9.53 Å². The van der Waals surface area contributed by atoms with Crippen molar-refractivity contribution in [3.63, 3.8) is 0 Å². The predicted octanol–water partition coefficient (Wildman–Crippen LogP) is 2.66. The SMILES string of the molecule is COC(=O)c1cccc(N)c1NC1CCCC1C. The van der Waals surface area contributed by atoms with E-state index in [1.54, 1.807) is 18.2 Å². The summed E-state index contributed by atoms with van der Waals surface area (Å²) >= 11 is 0. The number of esters is 1. The second kappa shape index (κ2) is 5.29. The molecule has 0 bridgehead atoms. The molecule has 0 aromatic heterocycles. The van der Waals surface area contributed by atoms with Gasteiger partial charge in [0.1, 0.15) is 0 Å². The lowest BCUT2D eigenvalue weighted by molar-refractivity contribution is 0.0602. The molecule has 0 radical (unpaired) electrons. The van der Waals surface area contributed by atoms with Crippen molar-refractivity contribution in [1.29, 1.82) is 0 Å². The van der Waals surface area contributed by atoms with Crippen LogP contribution in [0.3, 0.4) is 0 Å². The fraction of sp³-hybridized carbons (Fsp3) is 0.500. The van der Waals surface area contributed by atoms with Crippen LogP contribution in [0, 0.1) is 5.92 Å². The summed E-state index contributed by atoms with van der Waals surface area (Å²) in [4.78, 5) is 11.7. The predicted molar refractivity (Wildman–Crippen MR) is 72.6 cm³/mol. The molecule has 3 N–H and O–H groups in total. The van der Waals surface area contributed by atoms with Gasteiger partial charge in [-0.3, -0.25) is 0 Å². The zero-order valence-electron chi connectivity index (χ0n) is 10.9. The number of benzene rings is 1. The molecule has 1 aromatic carbocycles. The van der Waals surface area contributed by atoms with Crippen molar-refractivity contribution in [2.75, 3.05) is 18.2 Å². The van der Waals surface area contributed by atoms with Crippen LogP contribution in [-0.2, 0) is 4.74 Å². The molecule has 4 heteroatoms. The van der Waals surface area contributed by atoms with E-state index in [-0.39, 0.29) is 5.97 Å². The molecule has 98 valence electrons. The molecule has 2 rings (SSSR count). The van der Waals surface area contributed by atoms with Gasteiger partial charge in [0, 0.05) is 6.04 Å². The zero-order chi connectivity index (χ0) is 13.1. The Bertz CT molecular complexity index is 445. The first-order chi connectivity index (χ1) is 8.63. The first-order valence-corrected chi connectivity index (χ1v) is 6.37. The summed E-state index contributed by atoms with van der Waals surface area (Å²) < 4.78 is 4.79. The van der Waals surface area contributed by atoms with E-state index < -0.39 is 0 Å². The maximum Gasteiger partial charge on any atom is 0.340 e. The number of carbonyl (C=O) groups is 1. The Labute approximate surface area is 108 Å². The summed E-state index contributed by atoms with van der Waals surface area (Å²) in [6.07, 6.45) is 3.56. The van der Waals surface area contributed by atoms with Crippen molar-refractivity contribution in [3.05, 3.63) is 23.8 Å². The van der Waals surface area contributed by atoms with Gasteiger partial charge in [0.25, 0.3) is 0 Å². The lowest BCUT2D eigenvalue weighted by Gasteiger charge is -2.21. The number of methoxy groups -OCH3 is 1. The van der Waals surface area contributed by atoms with Crippen LogP contribution in [-0.4, -0.2) is 19.1 Å². The summed E-state index contributed by atoms with van der Waals surface area (Å²) in [6.45, 7) is 2.22. The average molecular weight is 248 g/mol. The van der Waals surface area contributed by atoms with Gasteiger partial charge in [-0.25, -0.2) is 4.79 Å². The molecule has 1 saturated carbocycles. The van der Waals surface area contributed by atoms with Crippen LogP contribution in [0.2, 0.25) is 0 Å². The number of rotatable bonds is 3. The van der Waals surface area contributed by atoms with E-state index in [4.69, 9.17) is 10.5 Å². The Balaban J connectivity index is 2.28. The average Bonchev–Trinajstić information content (AvgIpc) is 2.76. The second-order valence-corrected chi connectivity index (χ2v) is 4.92. The van der Waals surface area contributed by atoms with Gasteiger partial charge in [-0.05, 0) is 30.9 Å². The Morgan fingerprint density at radius 2 is 2.22 bits per heavy atom. The number of nitrogens with one attached hydrogen (secondary N) is 1. The van der Waals surface area contributed by atoms with E-state index >= 15 is 0 Å². The molecule has 2 atom stereocenters. The molecule has 1 aromatic rings. The number of anilines is 2. The van der Waals surface area contributed by atoms with Crippen molar-refractivity contribution in [2.24, 2.45) is 5.92 Å². The van der Waals surface area contributed by atoms with Gasteiger partial charge in [0.15, 0.2) is 0 Å². The molecule has 0 aliphatic heterocycles. The van der Waals surface area contributed by atoms with Crippen LogP contribution in [0.1, 0.15) is 36.5 Å². The lowest BCUT2D eigenvalue weighted by atomic mass is 10.0. The van der Waals surface area contributed by atoms with Gasteiger partial charge >= 0.3 is 5.97 Å². The number of nitrogens with two attached hydrogens (primary N) is 1. The number of carbonyl (C=O) groups excluding carboxylic acids is 1.